The smallest absolute Gasteiger partial charge is 0.298 e. The van der Waals surface area contributed by atoms with Gasteiger partial charge in [0, 0.05) is 24.1 Å². The molecule has 0 fully saturated rings. The minimum absolute atomic E-state index is 0.0253. The van der Waals surface area contributed by atoms with E-state index in [-0.39, 0.29) is 29.0 Å². The molecule has 0 aliphatic rings. The van der Waals surface area contributed by atoms with Gasteiger partial charge in [0.1, 0.15) is 22.1 Å². The molecular formula is C43H59N5O7S. The number of nitrogens with zero attached hydrogens (tertiary/aromatic N) is 3. The number of aromatic nitrogens is 2. The summed E-state index contributed by atoms with van der Waals surface area (Å²) in [6.45, 7) is 8.42. The van der Waals surface area contributed by atoms with Crippen molar-refractivity contribution in [3.8, 4) is 22.9 Å². The maximum Gasteiger partial charge on any atom is 0.298 e. The summed E-state index contributed by atoms with van der Waals surface area (Å²) in [5, 5.41) is 21.9. The summed E-state index contributed by atoms with van der Waals surface area (Å²) in [4.78, 5) is 25.7. The number of nitrogens with one attached hydrogen (secondary N) is 1. The zero-order valence-corrected chi connectivity index (χ0v) is 34.1. The van der Waals surface area contributed by atoms with Gasteiger partial charge in [-0.15, -0.1) is 0 Å². The number of nitrogens with two attached hydrogens (primary N) is 1. The molecule has 3 aromatic carbocycles. The molecule has 304 valence electrons. The molecule has 0 aliphatic carbocycles. The predicted molar refractivity (Wildman–Crippen MR) is 220 cm³/mol. The summed E-state index contributed by atoms with van der Waals surface area (Å²) in [5.41, 5.74) is 6.98. The van der Waals surface area contributed by atoms with E-state index in [1.165, 1.54) is 87.8 Å². The number of aromatic amines is 1. The molecule has 1 aromatic heterocycles. The van der Waals surface area contributed by atoms with E-state index in [1.54, 1.807) is 24.3 Å². The van der Waals surface area contributed by atoms with Gasteiger partial charge in [-0.1, -0.05) is 123 Å². The number of carbonyl (C=O) groups is 1. The quantitative estimate of drug-likeness (QED) is 0.0326. The lowest BCUT2D eigenvalue weighted by Crippen LogP contribution is -2.24. The lowest BCUT2D eigenvalue weighted by molar-refractivity contribution is -0.118. The van der Waals surface area contributed by atoms with Crippen molar-refractivity contribution in [1.82, 2.24) is 9.78 Å². The number of unbranched alkanes of at least 4 members (excludes halogenated alkanes) is 11. The first-order valence-electron chi connectivity index (χ1n) is 19.9. The van der Waals surface area contributed by atoms with Crippen molar-refractivity contribution in [2.75, 3.05) is 0 Å². The molecule has 0 aliphatic heterocycles. The Kier molecular flexibility index (Phi) is 16.5. The third-order valence-electron chi connectivity index (χ3n) is 9.97. The molecule has 56 heavy (non-hydrogen) atoms. The van der Waals surface area contributed by atoms with Crippen LogP contribution in [0.15, 0.2) is 92.7 Å². The average molecular weight is 790 g/mol. The van der Waals surface area contributed by atoms with Crippen LogP contribution in [-0.2, 0) is 20.3 Å². The van der Waals surface area contributed by atoms with E-state index >= 15 is 0 Å². The van der Waals surface area contributed by atoms with Gasteiger partial charge in [-0.05, 0) is 65.9 Å². The molecule has 1 amide bonds. The van der Waals surface area contributed by atoms with Gasteiger partial charge in [-0.2, -0.15) is 18.6 Å². The minimum Gasteiger partial charge on any atom is -0.508 e. The number of primary amides is 1. The number of carbonyl (C=O) groups excluding carboxylic acids is 1. The highest BCUT2D eigenvalue weighted by Crippen LogP contribution is 2.36. The molecule has 5 N–H and O–H groups in total. The van der Waals surface area contributed by atoms with Gasteiger partial charge in [0.05, 0.1) is 11.7 Å². The Morgan fingerprint density at radius 2 is 1.46 bits per heavy atom. The molecule has 4 rings (SSSR count). The van der Waals surface area contributed by atoms with Gasteiger partial charge < -0.3 is 15.6 Å². The standard InChI is InChI=1S/C43H59N5O7S/c1-5-6-7-8-9-10-11-12-13-14-15-16-18-36(46-45-32-23-25-33(49)26-24-32)35(29-40(44)50)37-30-41(51)48(47-37)38-19-17-20-39(56(52,53)54)42(38)55-34-27-21-31(22-28-34)43(2,3)4/h17,19-28,30,35-36,47,49H,5-16,18,29H2,1-4H3,(H2,44,50)(H,52,53,54). The molecule has 2 unspecified atom stereocenters. The Balaban J connectivity index is 1.62. The summed E-state index contributed by atoms with van der Waals surface area (Å²) in [7, 11) is -4.79. The van der Waals surface area contributed by atoms with E-state index < -0.39 is 38.4 Å². The Labute approximate surface area is 331 Å². The number of ether oxygens (including phenoxy) is 1. The number of H-pyrrole nitrogens is 1. The molecule has 0 bridgehead atoms. The van der Waals surface area contributed by atoms with Crippen LogP contribution in [0.1, 0.15) is 135 Å². The van der Waals surface area contributed by atoms with Crippen LogP contribution < -0.4 is 16.0 Å². The van der Waals surface area contributed by atoms with E-state index in [0.29, 0.717) is 23.6 Å². The van der Waals surface area contributed by atoms with Crippen molar-refractivity contribution in [2.24, 2.45) is 16.0 Å². The van der Waals surface area contributed by atoms with Gasteiger partial charge >= 0.3 is 0 Å². The number of benzene rings is 3. The first-order chi connectivity index (χ1) is 26.7. The van der Waals surface area contributed by atoms with E-state index in [2.05, 4.69) is 43.0 Å². The van der Waals surface area contributed by atoms with Gasteiger partial charge in [-0.3, -0.25) is 19.2 Å². The Morgan fingerprint density at radius 1 is 0.875 bits per heavy atom. The maximum absolute atomic E-state index is 13.7. The Hall–Kier alpha value is -4.75. The zero-order valence-electron chi connectivity index (χ0n) is 33.2. The second kappa shape index (κ2) is 21.0. The van der Waals surface area contributed by atoms with Gasteiger partial charge in [0.2, 0.25) is 5.91 Å². The molecule has 13 heteroatoms. The number of phenolic OH excluding ortho intramolecular Hbond substituents is 1. The Morgan fingerprint density at radius 3 is 2.02 bits per heavy atom. The third-order valence-corrected chi connectivity index (χ3v) is 10.8. The van der Waals surface area contributed by atoms with Crippen molar-refractivity contribution >= 4 is 21.7 Å². The lowest BCUT2D eigenvalue weighted by Gasteiger charge is -2.22. The summed E-state index contributed by atoms with van der Waals surface area (Å²) in [6.07, 6.45) is 14.6. The third kappa shape index (κ3) is 13.5. The monoisotopic (exact) mass is 789 g/mol. The van der Waals surface area contributed by atoms with E-state index in [1.807, 2.05) is 12.1 Å². The van der Waals surface area contributed by atoms with Crippen LogP contribution in [0.3, 0.4) is 0 Å². The number of azo groups is 1. The van der Waals surface area contributed by atoms with Crippen molar-refractivity contribution in [3.05, 3.63) is 94.4 Å². The number of phenols is 1. The van der Waals surface area contributed by atoms with Gasteiger partial charge in [0.15, 0.2) is 5.75 Å². The number of aromatic hydroxyl groups is 1. The highest BCUT2D eigenvalue weighted by Gasteiger charge is 2.29. The highest BCUT2D eigenvalue weighted by atomic mass is 32.2. The first-order valence-corrected chi connectivity index (χ1v) is 21.3. The summed E-state index contributed by atoms with van der Waals surface area (Å²) < 4.78 is 42.6. The molecule has 0 saturated carbocycles. The fourth-order valence-corrected chi connectivity index (χ4v) is 7.40. The number of hydrogen-bond donors (Lipinski definition) is 4. The molecule has 12 nitrogen and oxygen atoms in total. The van der Waals surface area contributed by atoms with Crippen LogP contribution in [0.4, 0.5) is 5.69 Å². The van der Waals surface area contributed by atoms with Crippen molar-refractivity contribution in [3.63, 3.8) is 0 Å². The largest absolute Gasteiger partial charge is 0.508 e. The molecule has 1 heterocycles. The summed E-state index contributed by atoms with van der Waals surface area (Å²) >= 11 is 0. The number of hydrogen-bond acceptors (Lipinski definition) is 8. The average Bonchev–Trinajstić information content (AvgIpc) is 3.53. The van der Waals surface area contributed by atoms with Crippen molar-refractivity contribution in [1.29, 1.82) is 0 Å². The van der Waals surface area contributed by atoms with E-state index in [0.717, 1.165) is 35.9 Å². The number of rotatable bonds is 23. The van der Waals surface area contributed by atoms with E-state index in [9.17, 15) is 27.7 Å². The van der Waals surface area contributed by atoms with Crippen LogP contribution in [0.2, 0.25) is 0 Å². The molecule has 0 radical (unpaired) electrons. The molecule has 0 spiro atoms. The number of para-hydroxylation sites is 1. The lowest BCUT2D eigenvalue weighted by atomic mass is 9.87. The molecule has 4 aromatic rings. The SMILES string of the molecule is CCCCCCCCCCCCCCC(N=Nc1ccc(O)cc1)C(CC(N)=O)c1cc(=O)n(-c2cccc(S(=O)(=O)O)c2Oc2ccc(C(C)(C)C)cc2)[nH]1. The normalized spacial score (nSPS) is 13.2. The van der Waals surface area contributed by atoms with Crippen LogP contribution in [0.5, 0.6) is 17.2 Å². The molecule has 2 atom stereocenters. The minimum atomic E-state index is -4.79. The maximum atomic E-state index is 13.7. The highest BCUT2D eigenvalue weighted by molar-refractivity contribution is 7.86. The predicted octanol–water partition coefficient (Wildman–Crippen LogP) is 10.4. The summed E-state index contributed by atoms with van der Waals surface area (Å²) in [6, 6.07) is 18.2. The van der Waals surface area contributed by atoms with Crippen molar-refractivity contribution in [2.45, 2.75) is 140 Å². The first kappa shape index (κ1) is 44.0. The van der Waals surface area contributed by atoms with Gasteiger partial charge in [0.25, 0.3) is 15.7 Å². The van der Waals surface area contributed by atoms with Crippen LogP contribution in [-0.4, -0.2) is 39.8 Å². The topological polar surface area (TPSA) is 189 Å². The van der Waals surface area contributed by atoms with Crippen molar-refractivity contribution < 1.29 is 27.6 Å². The van der Waals surface area contributed by atoms with Gasteiger partial charge in [-0.25, -0.2) is 4.68 Å². The fraction of sp³-hybridized carbons (Fsp3) is 0.488. The second-order valence-corrected chi connectivity index (χ2v) is 17.0. The van der Waals surface area contributed by atoms with Crippen LogP contribution >= 0.6 is 0 Å². The Bertz CT molecular complexity index is 2030. The fourth-order valence-electron chi connectivity index (χ4n) is 6.77. The van der Waals surface area contributed by atoms with Crippen LogP contribution in [0.25, 0.3) is 5.69 Å². The summed E-state index contributed by atoms with van der Waals surface area (Å²) in [5.74, 6) is -1.17. The zero-order chi connectivity index (χ0) is 40.7. The second-order valence-electron chi connectivity index (χ2n) is 15.6. The molecule has 0 saturated heterocycles. The number of amides is 1. The van der Waals surface area contributed by atoms with Crippen LogP contribution in [0, 0.1) is 0 Å². The molecular weight excluding hydrogens is 731 g/mol. The van der Waals surface area contributed by atoms with E-state index in [4.69, 9.17) is 10.5 Å².